The van der Waals surface area contributed by atoms with E-state index in [-0.39, 0.29) is 35.5 Å². The molecule has 0 aliphatic carbocycles. The second-order valence-corrected chi connectivity index (χ2v) is 7.99. The normalized spacial score (nSPS) is 14.7. The summed E-state index contributed by atoms with van der Waals surface area (Å²) in [6, 6.07) is -2.05. The molecule has 0 spiro atoms. The summed E-state index contributed by atoms with van der Waals surface area (Å²) >= 11 is 0. The third-order valence-electron chi connectivity index (χ3n) is 3.91. The van der Waals surface area contributed by atoms with Gasteiger partial charge in [0.15, 0.2) is 0 Å². The van der Waals surface area contributed by atoms with Crippen LogP contribution in [0.2, 0.25) is 0 Å². The third kappa shape index (κ3) is 9.53. The first kappa shape index (κ1) is 24.1. The van der Waals surface area contributed by atoms with E-state index in [1.165, 1.54) is 6.92 Å². The summed E-state index contributed by atoms with van der Waals surface area (Å²) < 4.78 is 0. The summed E-state index contributed by atoms with van der Waals surface area (Å²) in [7, 11) is 0. The van der Waals surface area contributed by atoms with Crippen LogP contribution in [0.15, 0.2) is 0 Å². The van der Waals surface area contributed by atoms with Crippen molar-refractivity contribution < 1.29 is 19.2 Å². The molecule has 7 nitrogen and oxygen atoms in total. The van der Waals surface area contributed by atoms with Crippen LogP contribution in [0, 0.1) is 17.8 Å². The molecule has 0 aromatic carbocycles. The van der Waals surface area contributed by atoms with E-state index >= 15 is 0 Å². The minimum Gasteiger partial charge on any atom is -0.345 e. The van der Waals surface area contributed by atoms with Gasteiger partial charge in [-0.15, -0.1) is 0 Å². The fourth-order valence-corrected chi connectivity index (χ4v) is 2.55. The number of carbonyl (C=O) groups is 4. The first-order chi connectivity index (χ1) is 12.0. The number of carbonyl (C=O) groups excluding carboxylic acids is 4. The monoisotopic (exact) mass is 369 g/mol. The van der Waals surface area contributed by atoms with Crippen molar-refractivity contribution in [1.29, 1.82) is 0 Å². The van der Waals surface area contributed by atoms with Crippen LogP contribution in [0.25, 0.3) is 0 Å². The zero-order chi connectivity index (χ0) is 20.4. The van der Waals surface area contributed by atoms with Gasteiger partial charge in [-0.1, -0.05) is 41.5 Å². The lowest BCUT2D eigenvalue weighted by Crippen LogP contribution is -2.56. The van der Waals surface area contributed by atoms with Gasteiger partial charge in [-0.25, -0.2) is 0 Å². The predicted molar refractivity (Wildman–Crippen MR) is 101 cm³/mol. The van der Waals surface area contributed by atoms with Crippen LogP contribution in [0.5, 0.6) is 0 Å². The molecule has 3 N–H and O–H groups in total. The van der Waals surface area contributed by atoms with Crippen LogP contribution in [0.1, 0.15) is 61.3 Å². The van der Waals surface area contributed by atoms with Crippen molar-refractivity contribution in [2.24, 2.45) is 17.8 Å². The van der Waals surface area contributed by atoms with Gasteiger partial charge in [0.2, 0.25) is 17.7 Å². The molecule has 7 heteroatoms. The van der Waals surface area contributed by atoms with E-state index < -0.39 is 18.1 Å². The maximum absolute atomic E-state index is 12.6. The molecule has 0 fully saturated rings. The molecular formula is C19H35N3O4. The number of hydrogen-bond acceptors (Lipinski definition) is 4. The highest BCUT2D eigenvalue weighted by molar-refractivity contribution is 5.92. The first-order valence-corrected chi connectivity index (χ1v) is 9.31. The Morgan fingerprint density at radius 3 is 1.54 bits per heavy atom. The Hall–Kier alpha value is -1.92. The molecule has 0 bridgehead atoms. The second-order valence-electron chi connectivity index (χ2n) is 7.99. The van der Waals surface area contributed by atoms with Crippen LogP contribution < -0.4 is 16.0 Å². The minimum atomic E-state index is -0.757. The molecule has 3 atom stereocenters. The quantitative estimate of drug-likeness (QED) is 0.479. The lowest BCUT2D eigenvalue weighted by molar-refractivity contribution is -0.133. The molecule has 150 valence electrons. The zero-order valence-electron chi connectivity index (χ0n) is 17.1. The molecule has 0 unspecified atom stereocenters. The summed E-state index contributed by atoms with van der Waals surface area (Å²) in [5, 5.41) is 8.07. The van der Waals surface area contributed by atoms with Gasteiger partial charge in [-0.05, 0) is 30.6 Å². The topological polar surface area (TPSA) is 104 Å². The molecule has 0 aromatic heterocycles. The van der Waals surface area contributed by atoms with Gasteiger partial charge in [0.1, 0.15) is 18.4 Å². The molecule has 3 amide bonds. The Morgan fingerprint density at radius 1 is 0.769 bits per heavy atom. The number of aldehydes is 1. The molecular weight excluding hydrogens is 334 g/mol. The summed E-state index contributed by atoms with van der Waals surface area (Å²) in [5.74, 6) is -0.735. The van der Waals surface area contributed by atoms with Crippen molar-refractivity contribution in [3.63, 3.8) is 0 Å². The minimum absolute atomic E-state index is 0.0417. The van der Waals surface area contributed by atoms with Crippen molar-refractivity contribution in [1.82, 2.24) is 16.0 Å². The average Bonchev–Trinajstić information content (AvgIpc) is 2.49. The summed E-state index contributed by atoms with van der Waals surface area (Å²) in [5.41, 5.74) is 0. The Kier molecular flexibility index (Phi) is 10.8. The van der Waals surface area contributed by atoms with E-state index in [9.17, 15) is 19.2 Å². The highest BCUT2D eigenvalue weighted by Crippen LogP contribution is 2.10. The SMILES string of the molecule is CC(=O)N[C@@H](CC(C)C)C(=O)N[C@@H](CC(C)C)C(=O)N[C@H](C=O)C(C)C. The Balaban J connectivity index is 5.21. The van der Waals surface area contributed by atoms with Gasteiger partial charge in [-0.2, -0.15) is 0 Å². The van der Waals surface area contributed by atoms with Gasteiger partial charge >= 0.3 is 0 Å². The van der Waals surface area contributed by atoms with Crippen LogP contribution in [-0.4, -0.2) is 42.1 Å². The highest BCUT2D eigenvalue weighted by Gasteiger charge is 2.28. The second kappa shape index (κ2) is 11.6. The van der Waals surface area contributed by atoms with Gasteiger partial charge in [0, 0.05) is 6.92 Å². The molecule has 0 saturated heterocycles. The van der Waals surface area contributed by atoms with Crippen molar-refractivity contribution in [3.8, 4) is 0 Å². The van der Waals surface area contributed by atoms with Gasteiger partial charge < -0.3 is 20.7 Å². The molecule has 0 rings (SSSR count). The number of nitrogens with one attached hydrogen (secondary N) is 3. The van der Waals surface area contributed by atoms with E-state index in [4.69, 9.17) is 0 Å². The number of hydrogen-bond donors (Lipinski definition) is 3. The Bertz CT molecular complexity index is 489. The van der Waals surface area contributed by atoms with Crippen molar-refractivity contribution >= 4 is 24.0 Å². The maximum atomic E-state index is 12.6. The van der Waals surface area contributed by atoms with Crippen molar-refractivity contribution in [2.45, 2.75) is 79.4 Å². The van der Waals surface area contributed by atoms with Gasteiger partial charge in [-0.3, -0.25) is 14.4 Å². The predicted octanol–water partition coefficient (Wildman–Crippen LogP) is 1.41. The average molecular weight is 370 g/mol. The standard InChI is InChI=1S/C19H35N3O4/c1-11(2)8-15(20-14(7)24)18(25)21-16(9-12(3)4)19(26)22-17(10-23)13(5)6/h10-13,15-17H,8-9H2,1-7H3,(H,20,24)(H,21,25)(H,22,26)/t15-,16-,17+/m0/s1. The lowest BCUT2D eigenvalue weighted by atomic mass is 9.99. The Morgan fingerprint density at radius 2 is 1.19 bits per heavy atom. The Labute approximate surface area is 157 Å². The molecule has 0 heterocycles. The summed E-state index contributed by atoms with van der Waals surface area (Å²) in [6.45, 7) is 12.8. The zero-order valence-corrected chi connectivity index (χ0v) is 17.1. The maximum Gasteiger partial charge on any atom is 0.243 e. The number of amides is 3. The fourth-order valence-electron chi connectivity index (χ4n) is 2.55. The first-order valence-electron chi connectivity index (χ1n) is 9.31. The van der Waals surface area contributed by atoms with Crippen molar-refractivity contribution in [2.75, 3.05) is 0 Å². The molecule has 0 aromatic rings. The van der Waals surface area contributed by atoms with E-state index in [1.54, 1.807) is 0 Å². The molecule has 0 aliphatic heterocycles. The molecule has 0 saturated carbocycles. The van der Waals surface area contributed by atoms with Gasteiger partial charge in [0.25, 0.3) is 0 Å². The van der Waals surface area contributed by atoms with Crippen LogP contribution in [0.3, 0.4) is 0 Å². The van der Waals surface area contributed by atoms with E-state index in [1.807, 2.05) is 41.5 Å². The van der Waals surface area contributed by atoms with E-state index in [0.29, 0.717) is 19.1 Å². The highest BCUT2D eigenvalue weighted by atomic mass is 16.2. The number of rotatable bonds is 11. The smallest absolute Gasteiger partial charge is 0.243 e. The van der Waals surface area contributed by atoms with Crippen LogP contribution in [0.4, 0.5) is 0 Å². The van der Waals surface area contributed by atoms with Crippen LogP contribution in [-0.2, 0) is 19.2 Å². The largest absolute Gasteiger partial charge is 0.345 e. The summed E-state index contributed by atoms with van der Waals surface area (Å²) in [6.07, 6.45) is 1.62. The fraction of sp³-hybridized carbons (Fsp3) is 0.789. The van der Waals surface area contributed by atoms with Crippen LogP contribution >= 0.6 is 0 Å². The summed E-state index contributed by atoms with van der Waals surface area (Å²) in [4.78, 5) is 47.7. The van der Waals surface area contributed by atoms with Crippen molar-refractivity contribution in [3.05, 3.63) is 0 Å². The molecule has 26 heavy (non-hydrogen) atoms. The lowest BCUT2D eigenvalue weighted by Gasteiger charge is -2.26. The van der Waals surface area contributed by atoms with Gasteiger partial charge in [0.05, 0.1) is 6.04 Å². The molecule has 0 aliphatic rings. The van der Waals surface area contributed by atoms with E-state index in [0.717, 1.165) is 0 Å². The third-order valence-corrected chi connectivity index (χ3v) is 3.91. The molecule has 0 radical (unpaired) electrons. The van der Waals surface area contributed by atoms with E-state index in [2.05, 4.69) is 16.0 Å².